The van der Waals surface area contributed by atoms with Crippen molar-refractivity contribution in [2.24, 2.45) is 5.73 Å². The molecule has 2 aromatic carbocycles. The maximum Gasteiger partial charge on any atom is 0.331 e. The molecule has 0 heterocycles. The monoisotopic (exact) mass is 287 g/mol. The van der Waals surface area contributed by atoms with Gasteiger partial charge in [-0.2, -0.15) is 0 Å². The Morgan fingerprint density at radius 2 is 1.86 bits per heavy atom. The molecule has 5 heteroatoms. The summed E-state index contributed by atoms with van der Waals surface area (Å²) < 4.78 is 5.51. The molecule has 1 unspecified atom stereocenters. The minimum atomic E-state index is -1.63. The van der Waals surface area contributed by atoms with Gasteiger partial charge in [0.2, 0.25) is 0 Å². The van der Waals surface area contributed by atoms with Gasteiger partial charge in [-0.25, -0.2) is 4.79 Å². The predicted molar refractivity (Wildman–Crippen MR) is 77.8 cm³/mol. The van der Waals surface area contributed by atoms with Crippen molar-refractivity contribution in [3.05, 3.63) is 65.7 Å². The zero-order valence-corrected chi connectivity index (χ0v) is 11.4. The molecule has 110 valence electrons. The smallest absolute Gasteiger partial charge is 0.331 e. The van der Waals surface area contributed by atoms with Gasteiger partial charge in [0, 0.05) is 0 Å². The number of rotatable bonds is 6. The van der Waals surface area contributed by atoms with Crippen LogP contribution in [-0.4, -0.2) is 22.8 Å². The van der Waals surface area contributed by atoms with Crippen LogP contribution in [0.5, 0.6) is 5.75 Å². The highest BCUT2D eigenvalue weighted by Gasteiger charge is 2.37. The summed E-state index contributed by atoms with van der Waals surface area (Å²) >= 11 is 0. The molecular weight excluding hydrogens is 270 g/mol. The molecule has 0 radical (unpaired) electrons. The van der Waals surface area contributed by atoms with Crippen molar-refractivity contribution in [2.45, 2.75) is 12.1 Å². The molecule has 5 nitrogen and oxygen atoms in total. The molecule has 0 amide bonds. The molecule has 1 atom stereocenters. The molecule has 0 saturated heterocycles. The van der Waals surface area contributed by atoms with Gasteiger partial charge in [0.25, 0.3) is 0 Å². The Bertz CT molecular complexity index is 615. The van der Waals surface area contributed by atoms with E-state index in [2.05, 4.69) is 0 Å². The number of nitrogens with two attached hydrogens (primary N) is 1. The number of benzene rings is 2. The van der Waals surface area contributed by atoms with Crippen molar-refractivity contribution in [3.63, 3.8) is 0 Å². The van der Waals surface area contributed by atoms with Gasteiger partial charge in [-0.05, 0) is 23.3 Å². The molecule has 0 aliphatic heterocycles. The number of aliphatic hydroxyl groups excluding tert-OH is 1. The fraction of sp³-hybridized carbons (Fsp3) is 0.188. The average molecular weight is 287 g/mol. The van der Waals surface area contributed by atoms with Gasteiger partial charge >= 0.3 is 5.97 Å². The summed E-state index contributed by atoms with van der Waals surface area (Å²) in [5.41, 5.74) is 5.53. The molecule has 4 N–H and O–H groups in total. The Morgan fingerprint density at radius 3 is 2.48 bits per heavy atom. The molecule has 0 aliphatic carbocycles. The highest BCUT2D eigenvalue weighted by atomic mass is 16.5. The Labute approximate surface area is 122 Å². The van der Waals surface area contributed by atoms with Crippen molar-refractivity contribution < 1.29 is 19.7 Å². The zero-order valence-electron chi connectivity index (χ0n) is 11.4. The third-order valence-corrected chi connectivity index (χ3v) is 3.22. The number of aliphatic carboxylic acids is 1. The van der Waals surface area contributed by atoms with Crippen molar-refractivity contribution in [1.82, 2.24) is 0 Å². The van der Waals surface area contributed by atoms with Crippen LogP contribution in [0.4, 0.5) is 0 Å². The minimum absolute atomic E-state index is 0.109. The lowest BCUT2D eigenvalue weighted by Crippen LogP contribution is -2.49. The van der Waals surface area contributed by atoms with Gasteiger partial charge in [0.1, 0.15) is 12.4 Å². The van der Waals surface area contributed by atoms with E-state index >= 15 is 0 Å². The molecule has 0 aliphatic rings. The standard InChI is InChI=1S/C16H17NO4/c17-16(15(19)20,13-6-2-1-3-7-13)11-21-14-8-4-5-12(9-14)10-18/h1-9,18H,10-11,17H2,(H,19,20). The summed E-state index contributed by atoms with van der Waals surface area (Å²) in [5, 5.41) is 18.5. The van der Waals surface area contributed by atoms with Crippen molar-refractivity contribution in [3.8, 4) is 5.75 Å². The summed E-state index contributed by atoms with van der Waals surface area (Å²) in [6.07, 6.45) is 0. The number of hydrogen-bond acceptors (Lipinski definition) is 4. The molecule has 21 heavy (non-hydrogen) atoms. The fourth-order valence-electron chi connectivity index (χ4n) is 1.93. The lowest BCUT2D eigenvalue weighted by molar-refractivity contribution is -0.145. The Kier molecular flexibility index (Phi) is 4.57. The van der Waals surface area contributed by atoms with E-state index in [4.69, 9.17) is 15.6 Å². The molecular formula is C16H17NO4. The van der Waals surface area contributed by atoms with Gasteiger partial charge in [-0.15, -0.1) is 0 Å². The third kappa shape index (κ3) is 3.39. The number of hydrogen-bond donors (Lipinski definition) is 3. The number of ether oxygens (including phenoxy) is 1. The molecule has 2 rings (SSSR count). The van der Waals surface area contributed by atoms with Crippen molar-refractivity contribution in [2.75, 3.05) is 6.61 Å². The number of carboxylic acids is 1. The van der Waals surface area contributed by atoms with Crippen LogP contribution in [0.15, 0.2) is 54.6 Å². The van der Waals surface area contributed by atoms with E-state index in [1.54, 1.807) is 54.6 Å². The first kappa shape index (κ1) is 15.0. The lowest BCUT2D eigenvalue weighted by atomic mass is 9.92. The third-order valence-electron chi connectivity index (χ3n) is 3.22. The molecule has 0 aromatic heterocycles. The van der Waals surface area contributed by atoms with Crippen molar-refractivity contribution in [1.29, 1.82) is 0 Å². The van der Waals surface area contributed by atoms with E-state index in [1.165, 1.54) is 0 Å². The fourth-order valence-corrected chi connectivity index (χ4v) is 1.93. The van der Waals surface area contributed by atoms with Gasteiger partial charge in [0.05, 0.1) is 6.61 Å². The van der Waals surface area contributed by atoms with Crippen molar-refractivity contribution >= 4 is 5.97 Å². The second-order valence-corrected chi connectivity index (χ2v) is 4.74. The Hall–Kier alpha value is -2.37. The first-order valence-corrected chi connectivity index (χ1v) is 6.46. The lowest BCUT2D eigenvalue weighted by Gasteiger charge is -2.25. The van der Waals surface area contributed by atoms with E-state index in [0.29, 0.717) is 16.9 Å². The van der Waals surface area contributed by atoms with Crippen LogP contribution >= 0.6 is 0 Å². The second kappa shape index (κ2) is 6.39. The van der Waals surface area contributed by atoms with E-state index in [9.17, 15) is 9.90 Å². The summed E-state index contributed by atoms with van der Waals surface area (Å²) in [4.78, 5) is 11.5. The summed E-state index contributed by atoms with van der Waals surface area (Å²) in [6, 6.07) is 15.4. The largest absolute Gasteiger partial charge is 0.491 e. The molecule has 2 aromatic rings. The Balaban J connectivity index is 2.19. The van der Waals surface area contributed by atoms with Crippen LogP contribution in [0.1, 0.15) is 11.1 Å². The van der Waals surface area contributed by atoms with E-state index in [1.807, 2.05) is 0 Å². The van der Waals surface area contributed by atoms with Crippen LogP contribution < -0.4 is 10.5 Å². The van der Waals surface area contributed by atoms with Crippen LogP contribution in [0.3, 0.4) is 0 Å². The van der Waals surface area contributed by atoms with E-state index < -0.39 is 11.5 Å². The summed E-state index contributed by atoms with van der Waals surface area (Å²) in [6.45, 7) is -0.316. The van der Waals surface area contributed by atoms with E-state index in [0.717, 1.165) is 0 Å². The van der Waals surface area contributed by atoms with Gasteiger partial charge in [0.15, 0.2) is 5.54 Å². The Morgan fingerprint density at radius 1 is 1.14 bits per heavy atom. The average Bonchev–Trinajstić information content (AvgIpc) is 2.53. The normalized spacial score (nSPS) is 13.4. The quantitative estimate of drug-likeness (QED) is 0.748. The molecule has 0 fully saturated rings. The predicted octanol–water partition coefficient (Wildman–Crippen LogP) is 1.50. The SMILES string of the molecule is NC(COc1cccc(CO)c1)(C(=O)O)c1ccccc1. The van der Waals surface area contributed by atoms with Crippen LogP contribution in [0.25, 0.3) is 0 Å². The maximum absolute atomic E-state index is 11.5. The number of aliphatic hydroxyl groups is 1. The molecule has 0 saturated carbocycles. The topological polar surface area (TPSA) is 92.8 Å². The summed E-state index contributed by atoms with van der Waals surface area (Å²) in [5.74, 6) is -0.694. The first-order valence-electron chi connectivity index (χ1n) is 6.46. The molecule has 0 bridgehead atoms. The van der Waals surface area contributed by atoms with Crippen LogP contribution in [-0.2, 0) is 16.9 Å². The van der Waals surface area contributed by atoms with E-state index in [-0.39, 0.29) is 13.2 Å². The molecule has 0 spiro atoms. The number of carbonyl (C=O) groups is 1. The highest BCUT2D eigenvalue weighted by molar-refractivity contribution is 5.80. The highest BCUT2D eigenvalue weighted by Crippen LogP contribution is 2.21. The second-order valence-electron chi connectivity index (χ2n) is 4.74. The summed E-state index contributed by atoms with van der Waals surface area (Å²) in [7, 11) is 0. The minimum Gasteiger partial charge on any atom is -0.491 e. The van der Waals surface area contributed by atoms with Crippen LogP contribution in [0.2, 0.25) is 0 Å². The zero-order chi connectivity index (χ0) is 15.3. The first-order chi connectivity index (χ1) is 10.1. The van der Waals surface area contributed by atoms with Gasteiger partial charge in [-0.3, -0.25) is 0 Å². The van der Waals surface area contributed by atoms with Gasteiger partial charge < -0.3 is 20.7 Å². The van der Waals surface area contributed by atoms with Gasteiger partial charge in [-0.1, -0.05) is 42.5 Å². The van der Waals surface area contributed by atoms with Crippen LogP contribution in [0, 0.1) is 0 Å². The number of carboxylic acid groups (broad SMARTS) is 1. The maximum atomic E-state index is 11.5.